The van der Waals surface area contributed by atoms with Crippen LogP contribution in [0.5, 0.6) is 0 Å². The van der Waals surface area contributed by atoms with Crippen LogP contribution in [0.1, 0.15) is 51.1 Å². The summed E-state index contributed by atoms with van der Waals surface area (Å²) in [5.41, 5.74) is 1.48. The molecule has 112 valence electrons. The van der Waals surface area contributed by atoms with E-state index in [2.05, 4.69) is 33.6 Å². The molecular weight excluding hydrogens is 250 g/mol. The average molecular weight is 277 g/mol. The molecule has 1 saturated carbocycles. The molecule has 1 spiro atoms. The van der Waals surface area contributed by atoms with Crippen LogP contribution in [-0.2, 0) is 13.6 Å². The van der Waals surface area contributed by atoms with Crippen LogP contribution >= 0.6 is 0 Å². The first-order chi connectivity index (χ1) is 9.72. The minimum absolute atomic E-state index is 0.377. The lowest BCUT2D eigenvalue weighted by atomic mass is 9.90. The SMILES string of the molecule is CCCC1CN(Cc2cn(C)nn2)C2(CCCC2)CN1. The van der Waals surface area contributed by atoms with Crippen LogP contribution in [0.3, 0.4) is 0 Å². The van der Waals surface area contributed by atoms with E-state index in [0.29, 0.717) is 11.6 Å². The summed E-state index contributed by atoms with van der Waals surface area (Å²) in [6.45, 7) is 5.53. The maximum atomic E-state index is 4.29. The molecule has 1 atom stereocenters. The summed E-state index contributed by atoms with van der Waals surface area (Å²) in [5.74, 6) is 0. The van der Waals surface area contributed by atoms with Gasteiger partial charge in [-0.3, -0.25) is 9.58 Å². The number of piperazine rings is 1. The standard InChI is InChI=1S/C15H27N5/c1-3-6-13-10-20(11-14-9-19(2)18-17-14)15(12-16-13)7-4-5-8-15/h9,13,16H,3-8,10-12H2,1-2H3. The molecule has 0 bridgehead atoms. The van der Waals surface area contributed by atoms with E-state index in [9.17, 15) is 0 Å². The third-order valence-corrected chi connectivity index (χ3v) is 5.01. The van der Waals surface area contributed by atoms with Crippen LogP contribution < -0.4 is 5.32 Å². The van der Waals surface area contributed by atoms with Crippen molar-refractivity contribution in [1.29, 1.82) is 0 Å². The van der Waals surface area contributed by atoms with Crippen LogP contribution in [0.2, 0.25) is 0 Å². The van der Waals surface area contributed by atoms with Gasteiger partial charge >= 0.3 is 0 Å². The van der Waals surface area contributed by atoms with Crippen molar-refractivity contribution in [3.63, 3.8) is 0 Å². The van der Waals surface area contributed by atoms with Gasteiger partial charge in [0.05, 0.1) is 5.69 Å². The summed E-state index contributed by atoms with van der Waals surface area (Å²) >= 11 is 0. The van der Waals surface area contributed by atoms with Gasteiger partial charge in [0, 0.05) is 44.5 Å². The molecule has 1 N–H and O–H groups in total. The van der Waals surface area contributed by atoms with Crippen LogP contribution in [-0.4, -0.2) is 44.6 Å². The smallest absolute Gasteiger partial charge is 0.0967 e. The lowest BCUT2D eigenvalue weighted by Gasteiger charge is -2.48. The van der Waals surface area contributed by atoms with Crippen LogP contribution in [0.15, 0.2) is 6.20 Å². The Hall–Kier alpha value is -0.940. The topological polar surface area (TPSA) is 46.0 Å². The fourth-order valence-corrected chi connectivity index (χ4v) is 3.93. The van der Waals surface area contributed by atoms with Gasteiger partial charge < -0.3 is 5.32 Å². The fraction of sp³-hybridized carbons (Fsp3) is 0.867. The second-order valence-corrected chi connectivity index (χ2v) is 6.56. The zero-order valence-electron chi connectivity index (χ0n) is 12.8. The summed E-state index contributed by atoms with van der Waals surface area (Å²) in [7, 11) is 1.94. The Kier molecular flexibility index (Phi) is 4.08. The minimum Gasteiger partial charge on any atom is -0.311 e. The molecule has 0 aromatic carbocycles. The van der Waals surface area contributed by atoms with Gasteiger partial charge in [0.1, 0.15) is 0 Å². The number of hydrogen-bond acceptors (Lipinski definition) is 4. The predicted molar refractivity (Wildman–Crippen MR) is 79.3 cm³/mol. The van der Waals surface area contributed by atoms with Crippen LogP contribution in [0.4, 0.5) is 0 Å². The summed E-state index contributed by atoms with van der Waals surface area (Å²) in [5, 5.41) is 12.2. The van der Waals surface area contributed by atoms with Gasteiger partial charge in [-0.15, -0.1) is 5.10 Å². The van der Waals surface area contributed by atoms with Crippen LogP contribution in [0, 0.1) is 0 Å². The largest absolute Gasteiger partial charge is 0.311 e. The second-order valence-electron chi connectivity index (χ2n) is 6.56. The molecule has 0 radical (unpaired) electrons. The van der Waals surface area contributed by atoms with E-state index in [1.165, 1.54) is 38.5 Å². The zero-order chi connectivity index (χ0) is 14.0. The quantitative estimate of drug-likeness (QED) is 0.910. The van der Waals surface area contributed by atoms with Gasteiger partial charge in [0.15, 0.2) is 0 Å². The van der Waals surface area contributed by atoms with E-state index in [-0.39, 0.29) is 0 Å². The molecule has 3 rings (SSSR count). The Morgan fingerprint density at radius 3 is 2.85 bits per heavy atom. The van der Waals surface area contributed by atoms with Gasteiger partial charge in [-0.2, -0.15) is 0 Å². The molecule has 2 fully saturated rings. The molecule has 0 amide bonds. The highest BCUT2D eigenvalue weighted by Gasteiger charge is 2.43. The molecule has 1 aliphatic heterocycles. The van der Waals surface area contributed by atoms with E-state index in [1.807, 2.05) is 11.7 Å². The number of rotatable bonds is 4. The van der Waals surface area contributed by atoms with Crippen molar-refractivity contribution < 1.29 is 0 Å². The molecule has 2 heterocycles. The molecule has 2 aliphatic rings. The Morgan fingerprint density at radius 2 is 2.20 bits per heavy atom. The Morgan fingerprint density at radius 1 is 1.40 bits per heavy atom. The van der Waals surface area contributed by atoms with Crippen molar-refractivity contribution in [2.45, 2.75) is 63.6 Å². The van der Waals surface area contributed by atoms with Crippen molar-refractivity contribution in [3.05, 3.63) is 11.9 Å². The van der Waals surface area contributed by atoms with E-state index in [0.717, 1.165) is 25.3 Å². The molecule has 1 saturated heterocycles. The first-order valence-electron chi connectivity index (χ1n) is 8.05. The number of aromatic nitrogens is 3. The van der Waals surface area contributed by atoms with Crippen molar-refractivity contribution in [2.75, 3.05) is 13.1 Å². The number of nitrogens with one attached hydrogen (secondary N) is 1. The van der Waals surface area contributed by atoms with Gasteiger partial charge in [-0.1, -0.05) is 31.4 Å². The zero-order valence-corrected chi connectivity index (χ0v) is 12.8. The number of hydrogen-bond donors (Lipinski definition) is 1. The maximum Gasteiger partial charge on any atom is 0.0967 e. The molecule has 1 aliphatic carbocycles. The summed E-state index contributed by atoms with van der Waals surface area (Å²) in [4.78, 5) is 2.70. The van der Waals surface area contributed by atoms with Crippen molar-refractivity contribution in [1.82, 2.24) is 25.2 Å². The molecule has 1 unspecified atom stereocenters. The van der Waals surface area contributed by atoms with E-state index < -0.39 is 0 Å². The molecule has 1 aromatic rings. The van der Waals surface area contributed by atoms with Gasteiger partial charge in [-0.05, 0) is 19.3 Å². The number of nitrogens with zero attached hydrogens (tertiary/aromatic N) is 4. The van der Waals surface area contributed by atoms with Crippen LogP contribution in [0.25, 0.3) is 0 Å². The third-order valence-electron chi connectivity index (χ3n) is 5.01. The van der Waals surface area contributed by atoms with Gasteiger partial charge in [-0.25, -0.2) is 0 Å². The van der Waals surface area contributed by atoms with E-state index in [4.69, 9.17) is 0 Å². The predicted octanol–water partition coefficient (Wildman–Crippen LogP) is 1.70. The summed E-state index contributed by atoms with van der Waals surface area (Å²) in [6, 6.07) is 0.642. The molecular formula is C15H27N5. The maximum absolute atomic E-state index is 4.29. The molecule has 5 heteroatoms. The van der Waals surface area contributed by atoms with Gasteiger partial charge in [0.25, 0.3) is 0 Å². The monoisotopic (exact) mass is 277 g/mol. The first kappa shape index (κ1) is 14.0. The van der Waals surface area contributed by atoms with Crippen molar-refractivity contribution in [3.8, 4) is 0 Å². The van der Waals surface area contributed by atoms with Crippen molar-refractivity contribution >= 4 is 0 Å². The van der Waals surface area contributed by atoms with Crippen molar-refractivity contribution in [2.24, 2.45) is 7.05 Å². The lowest BCUT2D eigenvalue weighted by molar-refractivity contribution is 0.0327. The third kappa shape index (κ3) is 2.74. The lowest BCUT2D eigenvalue weighted by Crippen LogP contribution is -2.63. The molecule has 1 aromatic heterocycles. The Labute approximate surface area is 121 Å². The second kappa shape index (κ2) is 5.82. The molecule has 5 nitrogen and oxygen atoms in total. The summed E-state index contributed by atoms with van der Waals surface area (Å²) in [6.07, 6.45) is 9.99. The molecule has 20 heavy (non-hydrogen) atoms. The minimum atomic E-state index is 0.377. The van der Waals surface area contributed by atoms with E-state index in [1.54, 1.807) is 0 Å². The Bertz CT molecular complexity index is 435. The highest BCUT2D eigenvalue weighted by molar-refractivity contribution is 5.04. The first-order valence-corrected chi connectivity index (χ1v) is 8.05. The Balaban J connectivity index is 1.74. The number of aryl methyl sites for hydroxylation is 1. The summed E-state index contributed by atoms with van der Waals surface area (Å²) < 4.78 is 1.81. The fourth-order valence-electron chi connectivity index (χ4n) is 3.93. The van der Waals surface area contributed by atoms with Gasteiger partial charge in [0.2, 0.25) is 0 Å². The highest BCUT2D eigenvalue weighted by Crippen LogP contribution is 2.37. The highest BCUT2D eigenvalue weighted by atomic mass is 15.4. The average Bonchev–Trinajstić information content (AvgIpc) is 3.05. The van der Waals surface area contributed by atoms with E-state index >= 15 is 0 Å². The normalized spacial score (nSPS) is 26.4.